The van der Waals surface area contributed by atoms with E-state index in [9.17, 15) is 0 Å². The van der Waals surface area contributed by atoms with Crippen molar-refractivity contribution in [3.05, 3.63) is 23.8 Å². The quantitative estimate of drug-likeness (QED) is 0.864. The van der Waals surface area contributed by atoms with Crippen molar-refractivity contribution in [3.63, 3.8) is 0 Å². The van der Waals surface area contributed by atoms with Gasteiger partial charge in [-0.3, -0.25) is 0 Å². The lowest BCUT2D eigenvalue weighted by Crippen LogP contribution is -2.14. The molecule has 0 aliphatic carbocycles. The third-order valence-corrected chi connectivity index (χ3v) is 3.53. The van der Waals surface area contributed by atoms with E-state index < -0.39 is 0 Å². The maximum absolute atomic E-state index is 5.37. The Kier molecular flexibility index (Phi) is 5.21. The molecule has 7 nitrogen and oxygen atoms in total. The fourth-order valence-corrected chi connectivity index (χ4v) is 2.19. The number of methoxy groups -OCH3 is 3. The molecule has 1 aromatic heterocycles. The molecule has 0 amide bonds. The molecular weight excluding hydrogens is 310 g/mol. The predicted molar refractivity (Wildman–Crippen MR) is 91.1 cm³/mol. The van der Waals surface area contributed by atoms with E-state index in [-0.39, 0.29) is 11.5 Å². The summed E-state index contributed by atoms with van der Waals surface area (Å²) >= 11 is 0. The normalized spacial score (nSPS) is 12.6. The third kappa shape index (κ3) is 3.72. The highest BCUT2D eigenvalue weighted by Crippen LogP contribution is 2.40. The van der Waals surface area contributed by atoms with E-state index in [2.05, 4.69) is 15.5 Å². The van der Waals surface area contributed by atoms with Gasteiger partial charge in [-0.25, -0.2) is 0 Å². The van der Waals surface area contributed by atoms with Crippen LogP contribution >= 0.6 is 0 Å². The Morgan fingerprint density at radius 1 is 1.04 bits per heavy atom. The fraction of sp³-hybridized carbons (Fsp3) is 0.529. The number of rotatable bonds is 6. The minimum atomic E-state index is -0.170. The van der Waals surface area contributed by atoms with Crippen molar-refractivity contribution < 1.29 is 18.7 Å². The summed E-state index contributed by atoms with van der Waals surface area (Å²) in [6.07, 6.45) is 0. The van der Waals surface area contributed by atoms with Crippen LogP contribution in [0.25, 0.3) is 0 Å². The van der Waals surface area contributed by atoms with Crippen molar-refractivity contribution in [2.45, 2.75) is 39.2 Å². The van der Waals surface area contributed by atoms with E-state index in [4.69, 9.17) is 18.7 Å². The van der Waals surface area contributed by atoms with E-state index in [1.807, 2.05) is 39.8 Å². The number of benzene rings is 1. The smallest absolute Gasteiger partial charge is 0.248 e. The Hall–Kier alpha value is -2.44. The summed E-state index contributed by atoms with van der Waals surface area (Å²) in [7, 11) is 4.73. The van der Waals surface area contributed by atoms with E-state index in [0.29, 0.717) is 29.0 Å². The van der Waals surface area contributed by atoms with Crippen molar-refractivity contribution in [3.8, 4) is 17.2 Å². The Morgan fingerprint density at radius 3 is 2.04 bits per heavy atom. The second-order valence-corrected chi connectivity index (χ2v) is 6.49. The summed E-state index contributed by atoms with van der Waals surface area (Å²) in [5.74, 6) is 2.90. The minimum absolute atomic E-state index is 0.159. The molecule has 0 fully saturated rings. The summed E-state index contributed by atoms with van der Waals surface area (Å²) in [6.45, 7) is 8.07. The zero-order chi connectivity index (χ0) is 17.9. The van der Waals surface area contributed by atoms with Gasteiger partial charge in [0.05, 0.1) is 21.3 Å². The van der Waals surface area contributed by atoms with Gasteiger partial charge in [0, 0.05) is 23.2 Å². The van der Waals surface area contributed by atoms with Crippen LogP contribution in [0.15, 0.2) is 16.7 Å². The maximum atomic E-state index is 5.37. The second kappa shape index (κ2) is 6.98. The SMILES string of the molecule is COc1cc(N[C@@H](C)c2nc(C(C)(C)C)no2)cc(OC)c1OC. The van der Waals surface area contributed by atoms with Crippen LogP contribution in [0.3, 0.4) is 0 Å². The molecule has 7 heteroatoms. The molecule has 0 saturated heterocycles. The zero-order valence-corrected chi connectivity index (χ0v) is 15.3. The number of aromatic nitrogens is 2. The van der Waals surface area contributed by atoms with Gasteiger partial charge >= 0.3 is 0 Å². The molecule has 2 aromatic rings. The molecule has 24 heavy (non-hydrogen) atoms. The largest absolute Gasteiger partial charge is 0.493 e. The topological polar surface area (TPSA) is 78.6 Å². The van der Waals surface area contributed by atoms with Gasteiger partial charge in [-0.05, 0) is 6.92 Å². The van der Waals surface area contributed by atoms with Crippen molar-refractivity contribution in [1.82, 2.24) is 10.1 Å². The molecule has 0 unspecified atom stereocenters. The predicted octanol–water partition coefficient (Wildman–Crippen LogP) is 3.57. The van der Waals surface area contributed by atoms with Gasteiger partial charge in [0.1, 0.15) is 6.04 Å². The first kappa shape index (κ1) is 17.9. The van der Waals surface area contributed by atoms with Crippen molar-refractivity contribution in [1.29, 1.82) is 0 Å². The van der Waals surface area contributed by atoms with Crippen LogP contribution in [0.2, 0.25) is 0 Å². The maximum Gasteiger partial charge on any atom is 0.248 e. The molecule has 0 aliphatic heterocycles. The zero-order valence-electron chi connectivity index (χ0n) is 15.3. The molecule has 0 radical (unpaired) electrons. The standard InChI is InChI=1S/C17H25N3O4/c1-10(15-19-16(20-24-15)17(2,3)4)18-11-8-12(21-5)14(23-7)13(9-11)22-6/h8-10,18H,1-7H3/t10-/m0/s1. The highest BCUT2D eigenvalue weighted by atomic mass is 16.5. The van der Waals surface area contributed by atoms with Gasteiger partial charge in [0.15, 0.2) is 17.3 Å². The van der Waals surface area contributed by atoms with E-state index in [1.165, 1.54) is 0 Å². The molecule has 1 N–H and O–H groups in total. The first-order valence-corrected chi connectivity index (χ1v) is 7.70. The molecule has 132 valence electrons. The van der Waals surface area contributed by atoms with Crippen LogP contribution in [0.1, 0.15) is 45.5 Å². The average molecular weight is 335 g/mol. The van der Waals surface area contributed by atoms with Gasteiger partial charge in [-0.2, -0.15) is 4.98 Å². The summed E-state index contributed by atoms with van der Waals surface area (Å²) in [6, 6.07) is 3.49. The van der Waals surface area contributed by atoms with Crippen LogP contribution in [-0.4, -0.2) is 31.5 Å². The van der Waals surface area contributed by atoms with E-state index in [1.54, 1.807) is 21.3 Å². The second-order valence-electron chi connectivity index (χ2n) is 6.49. The molecule has 2 rings (SSSR count). The number of hydrogen-bond donors (Lipinski definition) is 1. The molecule has 0 saturated carbocycles. The van der Waals surface area contributed by atoms with Crippen LogP contribution < -0.4 is 19.5 Å². The number of ether oxygens (including phenoxy) is 3. The third-order valence-electron chi connectivity index (χ3n) is 3.53. The van der Waals surface area contributed by atoms with Crippen molar-refractivity contribution in [2.24, 2.45) is 0 Å². The Bertz CT molecular complexity index is 666. The Balaban J connectivity index is 2.25. The molecule has 0 bridgehead atoms. The summed E-state index contributed by atoms with van der Waals surface area (Å²) in [4.78, 5) is 4.47. The van der Waals surface area contributed by atoms with Gasteiger partial charge in [-0.15, -0.1) is 0 Å². The minimum Gasteiger partial charge on any atom is -0.493 e. The summed E-state index contributed by atoms with van der Waals surface area (Å²) in [5, 5.41) is 7.36. The Morgan fingerprint density at radius 2 is 1.62 bits per heavy atom. The first-order chi connectivity index (χ1) is 11.3. The lowest BCUT2D eigenvalue weighted by atomic mass is 9.96. The fourth-order valence-electron chi connectivity index (χ4n) is 2.19. The van der Waals surface area contributed by atoms with Crippen LogP contribution in [0.4, 0.5) is 5.69 Å². The van der Waals surface area contributed by atoms with E-state index in [0.717, 1.165) is 5.69 Å². The molecule has 0 aliphatic rings. The first-order valence-electron chi connectivity index (χ1n) is 7.70. The highest BCUT2D eigenvalue weighted by molar-refractivity contribution is 5.62. The van der Waals surface area contributed by atoms with Gasteiger partial charge in [0.25, 0.3) is 0 Å². The van der Waals surface area contributed by atoms with Crippen LogP contribution in [-0.2, 0) is 5.41 Å². The monoisotopic (exact) mass is 335 g/mol. The van der Waals surface area contributed by atoms with Gasteiger partial charge < -0.3 is 24.1 Å². The number of nitrogens with zero attached hydrogens (tertiary/aromatic N) is 2. The van der Waals surface area contributed by atoms with Crippen molar-refractivity contribution in [2.75, 3.05) is 26.6 Å². The van der Waals surface area contributed by atoms with Crippen molar-refractivity contribution >= 4 is 5.69 Å². The molecule has 1 heterocycles. The lowest BCUT2D eigenvalue weighted by Gasteiger charge is -2.17. The van der Waals surface area contributed by atoms with E-state index >= 15 is 0 Å². The highest BCUT2D eigenvalue weighted by Gasteiger charge is 2.23. The van der Waals surface area contributed by atoms with Gasteiger partial charge in [-0.1, -0.05) is 25.9 Å². The molecule has 1 atom stereocenters. The summed E-state index contributed by atoms with van der Waals surface area (Å²) < 4.78 is 21.4. The van der Waals surface area contributed by atoms with Crippen LogP contribution in [0.5, 0.6) is 17.2 Å². The molecule has 1 aromatic carbocycles. The number of nitrogens with one attached hydrogen (secondary N) is 1. The number of hydrogen-bond acceptors (Lipinski definition) is 7. The lowest BCUT2D eigenvalue weighted by molar-refractivity contribution is 0.324. The van der Waals surface area contributed by atoms with Gasteiger partial charge in [0.2, 0.25) is 11.6 Å². The summed E-state index contributed by atoms with van der Waals surface area (Å²) in [5.41, 5.74) is 0.640. The van der Waals surface area contributed by atoms with Crippen LogP contribution in [0, 0.1) is 0 Å². The average Bonchev–Trinajstić information content (AvgIpc) is 3.04. The Labute approximate surface area is 142 Å². The molecular formula is C17H25N3O4. The number of anilines is 1. The molecule has 0 spiro atoms.